The van der Waals surface area contributed by atoms with Crippen LogP contribution in [0.4, 0.5) is 0 Å². The van der Waals surface area contributed by atoms with E-state index in [0.29, 0.717) is 19.8 Å². The smallest absolute Gasteiger partial charge is 0.374 e. The van der Waals surface area contributed by atoms with Crippen LogP contribution in [0.1, 0.15) is 71.3 Å². The van der Waals surface area contributed by atoms with Crippen molar-refractivity contribution in [3.63, 3.8) is 0 Å². The first-order valence-electron chi connectivity index (χ1n) is 12.8. The van der Waals surface area contributed by atoms with Crippen molar-refractivity contribution in [3.05, 3.63) is 48.3 Å². The van der Waals surface area contributed by atoms with Gasteiger partial charge in [-0.1, -0.05) is 44.2 Å². The second-order valence-corrected chi connectivity index (χ2v) is 11.2. The Labute approximate surface area is 200 Å². The lowest BCUT2D eigenvalue weighted by molar-refractivity contribution is 0.0706. The molecule has 0 saturated carbocycles. The van der Waals surface area contributed by atoms with Crippen LogP contribution in [0.15, 0.2) is 42.7 Å². The molecule has 0 aliphatic heterocycles. The van der Waals surface area contributed by atoms with Crippen LogP contribution in [0.5, 0.6) is 0 Å². The van der Waals surface area contributed by atoms with Gasteiger partial charge in [-0.2, -0.15) is 0 Å². The zero-order valence-corrected chi connectivity index (χ0v) is 21.6. The summed E-state index contributed by atoms with van der Waals surface area (Å²) < 4.78 is 17.9. The lowest BCUT2D eigenvalue weighted by Crippen LogP contribution is -2.45. The lowest BCUT2D eigenvalue weighted by atomic mass is 9.98. The SMILES string of the molecule is CCO[Si](CCCCCCCCCc1cc2cccnc2c2ncccc12)(OCC)OCC. The summed E-state index contributed by atoms with van der Waals surface area (Å²) in [4.78, 5) is 9.18. The molecule has 0 radical (unpaired) electrons. The second-order valence-electron chi connectivity index (χ2n) is 8.47. The fourth-order valence-corrected chi connectivity index (χ4v) is 7.29. The highest BCUT2D eigenvalue weighted by Crippen LogP contribution is 2.27. The summed E-state index contributed by atoms with van der Waals surface area (Å²) in [6.07, 6.45) is 13.5. The first-order chi connectivity index (χ1) is 16.2. The predicted molar refractivity (Wildman–Crippen MR) is 139 cm³/mol. The molecule has 2 aromatic heterocycles. The summed E-state index contributed by atoms with van der Waals surface area (Å²) in [5.41, 5.74) is 3.42. The Balaban J connectivity index is 1.39. The Kier molecular flexibility index (Phi) is 10.7. The largest absolute Gasteiger partial charge is 0.500 e. The zero-order chi connectivity index (χ0) is 23.4. The van der Waals surface area contributed by atoms with E-state index in [1.807, 2.05) is 45.3 Å². The molecule has 180 valence electrons. The van der Waals surface area contributed by atoms with Crippen LogP contribution in [0, 0.1) is 0 Å². The standard InChI is InChI=1S/C27H40N2O3Si/c1-4-30-33(31-5-2,32-6-3)21-13-11-9-7-8-10-12-16-23-22-24-17-14-19-28-26(24)27-25(23)18-15-20-29-27/h14-15,17-20,22H,4-13,16,21H2,1-3H3. The van der Waals surface area contributed by atoms with E-state index in [2.05, 4.69) is 28.2 Å². The van der Waals surface area contributed by atoms with Crippen molar-refractivity contribution in [2.24, 2.45) is 0 Å². The fraction of sp³-hybridized carbons (Fsp3) is 0.556. The molecule has 1 aromatic carbocycles. The topological polar surface area (TPSA) is 53.5 Å². The number of hydrogen-bond acceptors (Lipinski definition) is 5. The van der Waals surface area contributed by atoms with Crippen LogP contribution in [0.3, 0.4) is 0 Å². The Morgan fingerprint density at radius 1 is 0.697 bits per heavy atom. The summed E-state index contributed by atoms with van der Waals surface area (Å²) in [5, 5.41) is 2.43. The van der Waals surface area contributed by atoms with Gasteiger partial charge in [-0.3, -0.25) is 9.97 Å². The Bertz CT molecular complexity index is 965. The zero-order valence-electron chi connectivity index (χ0n) is 20.6. The fourth-order valence-electron chi connectivity index (χ4n) is 4.60. The van der Waals surface area contributed by atoms with E-state index in [0.717, 1.165) is 29.9 Å². The van der Waals surface area contributed by atoms with Gasteiger partial charge in [-0.25, -0.2) is 0 Å². The average Bonchev–Trinajstić information content (AvgIpc) is 2.83. The lowest BCUT2D eigenvalue weighted by Gasteiger charge is -2.28. The van der Waals surface area contributed by atoms with Crippen molar-refractivity contribution in [2.45, 2.75) is 78.2 Å². The number of hydrogen-bond donors (Lipinski definition) is 0. The summed E-state index contributed by atoms with van der Waals surface area (Å²) in [7, 11) is -2.47. The monoisotopic (exact) mass is 468 g/mol. The van der Waals surface area contributed by atoms with Crippen molar-refractivity contribution in [3.8, 4) is 0 Å². The first-order valence-corrected chi connectivity index (χ1v) is 14.7. The van der Waals surface area contributed by atoms with Gasteiger partial charge in [-0.05, 0) is 63.8 Å². The second kappa shape index (κ2) is 13.7. The minimum atomic E-state index is -2.47. The summed E-state index contributed by atoms with van der Waals surface area (Å²) >= 11 is 0. The predicted octanol–water partition coefficient (Wildman–Crippen LogP) is 7.10. The normalized spacial score (nSPS) is 12.1. The maximum Gasteiger partial charge on any atom is 0.500 e. The van der Waals surface area contributed by atoms with E-state index in [1.54, 1.807) is 0 Å². The van der Waals surface area contributed by atoms with E-state index in [9.17, 15) is 0 Å². The van der Waals surface area contributed by atoms with E-state index < -0.39 is 8.80 Å². The highest BCUT2D eigenvalue weighted by molar-refractivity contribution is 6.60. The van der Waals surface area contributed by atoms with E-state index in [1.165, 1.54) is 54.9 Å². The first kappa shape index (κ1) is 25.8. The molecular formula is C27H40N2O3Si. The van der Waals surface area contributed by atoms with E-state index in [4.69, 9.17) is 13.3 Å². The molecule has 0 saturated heterocycles. The van der Waals surface area contributed by atoms with Gasteiger partial charge in [0.15, 0.2) is 0 Å². The molecule has 0 bridgehead atoms. The van der Waals surface area contributed by atoms with Crippen LogP contribution in [-0.4, -0.2) is 38.6 Å². The van der Waals surface area contributed by atoms with Gasteiger partial charge in [0, 0.05) is 49.0 Å². The third kappa shape index (κ3) is 7.31. The molecule has 3 rings (SSSR count). The van der Waals surface area contributed by atoms with Crippen LogP contribution in [-0.2, 0) is 19.7 Å². The molecule has 2 heterocycles. The average molecular weight is 469 g/mol. The molecule has 0 unspecified atom stereocenters. The number of unbranched alkanes of at least 4 members (excludes halogenated alkanes) is 6. The number of benzene rings is 1. The van der Waals surface area contributed by atoms with Crippen LogP contribution in [0.2, 0.25) is 6.04 Å². The molecule has 0 atom stereocenters. The van der Waals surface area contributed by atoms with Crippen molar-refractivity contribution in [2.75, 3.05) is 19.8 Å². The summed E-state index contributed by atoms with van der Waals surface area (Å²) in [6.45, 7) is 8.04. The molecule has 0 spiro atoms. The molecule has 5 nitrogen and oxygen atoms in total. The molecule has 33 heavy (non-hydrogen) atoms. The van der Waals surface area contributed by atoms with Gasteiger partial charge in [-0.15, -0.1) is 0 Å². The molecule has 0 aliphatic carbocycles. The summed E-state index contributed by atoms with van der Waals surface area (Å²) in [5.74, 6) is 0. The Morgan fingerprint density at radius 2 is 1.27 bits per heavy atom. The molecule has 0 amide bonds. The van der Waals surface area contributed by atoms with Crippen LogP contribution < -0.4 is 0 Å². The minimum absolute atomic E-state index is 0.658. The minimum Gasteiger partial charge on any atom is -0.374 e. The van der Waals surface area contributed by atoms with E-state index >= 15 is 0 Å². The quantitative estimate of drug-likeness (QED) is 0.127. The number of aryl methyl sites for hydroxylation is 1. The molecule has 0 fully saturated rings. The maximum atomic E-state index is 5.96. The van der Waals surface area contributed by atoms with Crippen molar-refractivity contribution < 1.29 is 13.3 Å². The van der Waals surface area contributed by atoms with Crippen LogP contribution >= 0.6 is 0 Å². The van der Waals surface area contributed by atoms with Gasteiger partial charge in [0.25, 0.3) is 0 Å². The number of fused-ring (bicyclic) bond motifs is 3. The molecule has 6 heteroatoms. The molecule has 0 N–H and O–H groups in total. The highest BCUT2D eigenvalue weighted by atomic mass is 28.4. The van der Waals surface area contributed by atoms with Crippen molar-refractivity contribution in [1.29, 1.82) is 0 Å². The van der Waals surface area contributed by atoms with Crippen molar-refractivity contribution in [1.82, 2.24) is 9.97 Å². The third-order valence-corrected chi connectivity index (χ3v) is 9.22. The van der Waals surface area contributed by atoms with E-state index in [-0.39, 0.29) is 0 Å². The number of aromatic nitrogens is 2. The number of rotatable bonds is 16. The molecule has 0 aliphatic rings. The van der Waals surface area contributed by atoms with Crippen LogP contribution in [0.25, 0.3) is 21.8 Å². The highest BCUT2D eigenvalue weighted by Gasteiger charge is 2.39. The van der Waals surface area contributed by atoms with Gasteiger partial charge in [0.2, 0.25) is 0 Å². The number of nitrogens with zero attached hydrogens (tertiary/aromatic N) is 2. The van der Waals surface area contributed by atoms with Crippen molar-refractivity contribution >= 4 is 30.6 Å². The molecular weight excluding hydrogens is 428 g/mol. The van der Waals surface area contributed by atoms with Gasteiger partial charge >= 0.3 is 8.80 Å². The number of pyridine rings is 2. The molecule has 3 aromatic rings. The summed E-state index contributed by atoms with van der Waals surface area (Å²) in [6, 6.07) is 11.6. The van der Waals surface area contributed by atoms with Gasteiger partial charge < -0.3 is 13.3 Å². The van der Waals surface area contributed by atoms with Gasteiger partial charge in [0.05, 0.1) is 11.0 Å². The van der Waals surface area contributed by atoms with Gasteiger partial charge in [0.1, 0.15) is 0 Å². The maximum absolute atomic E-state index is 5.96. The third-order valence-electron chi connectivity index (χ3n) is 6.07. The Hall–Kier alpha value is -1.86. The Morgan fingerprint density at radius 3 is 1.94 bits per heavy atom.